The van der Waals surface area contributed by atoms with Gasteiger partial charge in [0.05, 0.1) is 10.6 Å². The fourth-order valence-electron chi connectivity index (χ4n) is 3.66. The summed E-state index contributed by atoms with van der Waals surface area (Å²) in [7, 11) is 0. The van der Waals surface area contributed by atoms with E-state index in [9.17, 15) is 4.21 Å². The summed E-state index contributed by atoms with van der Waals surface area (Å²) in [5.74, 6) is 0.483. The Morgan fingerprint density at radius 3 is 1.78 bits per heavy atom. The Labute approximate surface area is 218 Å². The Kier molecular flexibility index (Phi) is 7.31. The Morgan fingerprint density at radius 2 is 1.14 bits per heavy atom. The summed E-state index contributed by atoms with van der Waals surface area (Å²) in [6, 6.07) is 40.6. The van der Waals surface area contributed by atoms with Gasteiger partial charge in [-0.25, -0.2) is 4.21 Å². The van der Waals surface area contributed by atoms with Crippen molar-refractivity contribution in [2.24, 2.45) is 0 Å². The van der Waals surface area contributed by atoms with Crippen LogP contribution >= 0.6 is 11.6 Å². The number of para-hydroxylation sites is 2. The maximum absolute atomic E-state index is 13.0. The second kappa shape index (κ2) is 11.1. The molecule has 1 atom stereocenters. The monoisotopic (exact) mass is 510 g/mol. The van der Waals surface area contributed by atoms with E-state index in [2.05, 4.69) is 10.6 Å². The van der Waals surface area contributed by atoms with Crippen LogP contribution in [0.2, 0.25) is 5.02 Å². The van der Waals surface area contributed by atoms with E-state index in [1.165, 1.54) is 0 Å². The van der Waals surface area contributed by atoms with Gasteiger partial charge in [0.2, 0.25) is 11.1 Å². The van der Waals surface area contributed by atoms with E-state index in [1.54, 1.807) is 24.3 Å². The van der Waals surface area contributed by atoms with Crippen LogP contribution in [-0.4, -0.2) is 4.21 Å². The molecule has 0 spiro atoms. The van der Waals surface area contributed by atoms with Gasteiger partial charge < -0.3 is 14.8 Å². The van der Waals surface area contributed by atoms with Crippen LogP contribution < -0.4 is 14.8 Å². The average Bonchev–Trinajstić information content (AvgIpc) is 2.92. The van der Waals surface area contributed by atoms with E-state index in [-0.39, 0.29) is 0 Å². The number of rotatable bonds is 8. The van der Waals surface area contributed by atoms with Crippen LogP contribution in [0.25, 0.3) is 11.1 Å². The second-order valence-electron chi connectivity index (χ2n) is 8.04. The Balaban J connectivity index is 1.43. The molecule has 0 radical (unpaired) electrons. The Hall–Kier alpha value is -4.06. The molecule has 0 bridgehead atoms. The van der Waals surface area contributed by atoms with Crippen molar-refractivity contribution in [3.63, 3.8) is 0 Å². The third kappa shape index (κ3) is 5.95. The van der Waals surface area contributed by atoms with E-state index in [4.69, 9.17) is 15.8 Å². The summed E-state index contributed by atoms with van der Waals surface area (Å²) < 4.78 is 19.0. The Morgan fingerprint density at radius 1 is 0.583 bits per heavy atom. The van der Waals surface area contributed by atoms with Gasteiger partial charge in [-0.15, -0.1) is 0 Å². The first-order valence-corrected chi connectivity index (χ1v) is 12.8. The zero-order chi connectivity index (χ0) is 24.7. The molecule has 4 nitrogen and oxygen atoms in total. The highest BCUT2D eigenvalue weighted by Crippen LogP contribution is 2.35. The van der Waals surface area contributed by atoms with E-state index in [1.807, 2.05) is 103 Å². The fraction of sp³-hybridized carbons (Fsp3) is 0. The maximum atomic E-state index is 13.0. The summed E-state index contributed by atoms with van der Waals surface area (Å²) in [5.41, 5.74) is 5.61. The zero-order valence-corrected chi connectivity index (χ0v) is 20.8. The van der Waals surface area contributed by atoms with Gasteiger partial charge in [-0.3, -0.25) is 0 Å². The number of hydrogen-bond donors (Lipinski definition) is 2. The van der Waals surface area contributed by atoms with Crippen molar-refractivity contribution in [2.75, 3.05) is 10.6 Å². The van der Waals surface area contributed by atoms with E-state index >= 15 is 0 Å². The summed E-state index contributed by atoms with van der Waals surface area (Å²) in [4.78, 5) is 0.534. The molecule has 0 saturated carbocycles. The number of nitrogens with one attached hydrogen (secondary N) is 2. The summed E-state index contributed by atoms with van der Waals surface area (Å²) in [5, 5.41) is 7.34. The van der Waals surface area contributed by atoms with E-state index < -0.39 is 11.1 Å². The lowest BCUT2D eigenvalue weighted by atomic mass is 10.0. The summed E-state index contributed by atoms with van der Waals surface area (Å²) in [6.07, 6.45) is 0. The van der Waals surface area contributed by atoms with Gasteiger partial charge in [0.1, 0.15) is 0 Å². The highest BCUT2D eigenvalue weighted by molar-refractivity contribution is 7.80. The molecule has 0 aliphatic carbocycles. The molecule has 6 heteroatoms. The summed E-state index contributed by atoms with van der Waals surface area (Å²) >= 11 is 4.27. The Bertz CT molecular complexity index is 1460. The second-order valence-corrected chi connectivity index (χ2v) is 9.59. The quantitative estimate of drug-likeness (QED) is 0.219. The van der Waals surface area contributed by atoms with E-state index in [0.29, 0.717) is 15.7 Å². The highest BCUT2D eigenvalue weighted by atomic mass is 35.5. The highest BCUT2D eigenvalue weighted by Gasteiger charge is 2.13. The van der Waals surface area contributed by atoms with Gasteiger partial charge in [-0.2, -0.15) is 0 Å². The summed E-state index contributed by atoms with van der Waals surface area (Å²) in [6.45, 7) is 0. The predicted molar refractivity (Wildman–Crippen MR) is 150 cm³/mol. The van der Waals surface area contributed by atoms with Crippen molar-refractivity contribution in [3.05, 3.63) is 132 Å². The maximum Gasteiger partial charge on any atom is 0.240 e. The minimum absolute atomic E-state index is 0.483. The number of anilines is 4. The lowest BCUT2D eigenvalue weighted by Gasteiger charge is -2.15. The third-order valence-electron chi connectivity index (χ3n) is 5.49. The minimum atomic E-state index is -1.71. The van der Waals surface area contributed by atoms with Crippen molar-refractivity contribution < 1.29 is 8.39 Å². The van der Waals surface area contributed by atoms with Crippen molar-refractivity contribution in [2.45, 2.75) is 4.90 Å². The third-order valence-corrected chi connectivity index (χ3v) is 6.73. The smallest absolute Gasteiger partial charge is 0.240 e. The molecule has 5 aromatic rings. The van der Waals surface area contributed by atoms with Crippen LogP contribution in [0.5, 0.6) is 5.75 Å². The topological polar surface area (TPSA) is 50.4 Å². The van der Waals surface area contributed by atoms with Crippen molar-refractivity contribution in [1.82, 2.24) is 0 Å². The zero-order valence-electron chi connectivity index (χ0n) is 19.2. The van der Waals surface area contributed by atoms with Crippen molar-refractivity contribution >= 4 is 45.4 Å². The first kappa shape index (κ1) is 23.7. The van der Waals surface area contributed by atoms with Crippen LogP contribution in [-0.2, 0) is 11.1 Å². The van der Waals surface area contributed by atoms with Gasteiger partial charge in [0, 0.05) is 22.1 Å². The fourth-order valence-corrected chi connectivity index (χ4v) is 4.54. The SMILES string of the molecule is O=S(Oc1cc(-c2ccc(Nc3ccccc3)cc2)ccc1Nc1ccccc1)c1ccc(Cl)cc1. The molecule has 2 N–H and O–H groups in total. The van der Waals surface area contributed by atoms with Crippen LogP contribution in [0, 0.1) is 0 Å². The average molecular weight is 511 g/mol. The largest absolute Gasteiger partial charge is 0.395 e. The molecule has 5 rings (SSSR count). The lowest BCUT2D eigenvalue weighted by Crippen LogP contribution is -2.03. The molecule has 0 fully saturated rings. The van der Waals surface area contributed by atoms with Crippen molar-refractivity contribution in [1.29, 1.82) is 0 Å². The first-order chi connectivity index (χ1) is 17.6. The van der Waals surface area contributed by atoms with Crippen LogP contribution in [0.3, 0.4) is 0 Å². The number of benzene rings is 5. The molecule has 0 amide bonds. The minimum Gasteiger partial charge on any atom is -0.395 e. The van der Waals surface area contributed by atoms with Gasteiger partial charge in [0.15, 0.2) is 5.75 Å². The molecular formula is C30H23ClN2O2S. The van der Waals surface area contributed by atoms with Gasteiger partial charge in [-0.05, 0) is 83.9 Å². The number of hydrogen-bond acceptors (Lipinski definition) is 4. The molecule has 1 unspecified atom stereocenters. The number of halogens is 1. The van der Waals surface area contributed by atoms with Crippen LogP contribution in [0.15, 0.2) is 132 Å². The van der Waals surface area contributed by atoms with Crippen LogP contribution in [0.1, 0.15) is 0 Å². The molecular weight excluding hydrogens is 488 g/mol. The molecule has 178 valence electrons. The molecule has 0 saturated heterocycles. The first-order valence-electron chi connectivity index (χ1n) is 11.4. The molecule has 5 aromatic carbocycles. The molecule has 0 aliphatic heterocycles. The molecule has 0 heterocycles. The van der Waals surface area contributed by atoms with Crippen molar-refractivity contribution in [3.8, 4) is 16.9 Å². The van der Waals surface area contributed by atoms with Crippen LogP contribution in [0.4, 0.5) is 22.7 Å². The van der Waals surface area contributed by atoms with Gasteiger partial charge >= 0.3 is 0 Å². The predicted octanol–water partition coefficient (Wildman–Crippen LogP) is 8.60. The molecule has 0 aromatic heterocycles. The van der Waals surface area contributed by atoms with Gasteiger partial charge in [0.25, 0.3) is 0 Å². The lowest BCUT2D eigenvalue weighted by molar-refractivity contribution is 0.563. The standard InChI is InChI=1S/C30H23ClN2O2S/c31-24-14-18-28(19-15-24)36(34)35-30-21-23(13-20-29(30)33-26-9-5-2-6-10-26)22-11-16-27(17-12-22)32-25-7-3-1-4-8-25/h1-21,32-33H. The van der Waals surface area contributed by atoms with Gasteiger partial charge in [-0.1, -0.05) is 66.2 Å². The molecule has 0 aliphatic rings. The normalized spacial score (nSPS) is 11.5. The molecule has 36 heavy (non-hydrogen) atoms. The van der Waals surface area contributed by atoms with E-state index in [0.717, 1.165) is 33.9 Å².